The Morgan fingerprint density at radius 3 is 1.79 bits per heavy atom. The molecule has 2 aliphatic carbocycles. The van der Waals surface area contributed by atoms with Crippen molar-refractivity contribution in [2.75, 3.05) is 6.54 Å². The molecule has 0 amide bonds. The predicted molar refractivity (Wildman–Crippen MR) is 84.5 cm³/mol. The smallest absolute Gasteiger partial charge is 0.00104 e. The van der Waals surface area contributed by atoms with Gasteiger partial charge in [-0.3, -0.25) is 0 Å². The Bertz CT molecular complexity index is 234. The number of hydrogen-bond donors (Lipinski definition) is 1. The lowest BCUT2D eigenvalue weighted by molar-refractivity contribution is 0.336. The number of hydrogen-bond acceptors (Lipinski definition) is 1. The minimum atomic E-state index is 0.656. The summed E-state index contributed by atoms with van der Waals surface area (Å²) in [5, 5.41) is 3.67. The minimum absolute atomic E-state index is 0.656. The predicted octanol–water partition coefficient (Wildman–Crippen LogP) is 5.30. The highest BCUT2D eigenvalue weighted by atomic mass is 14.9. The Morgan fingerprint density at radius 1 is 0.842 bits per heavy atom. The summed E-state index contributed by atoms with van der Waals surface area (Å²) < 4.78 is 0. The van der Waals surface area contributed by atoms with Crippen LogP contribution in [0.3, 0.4) is 0 Å². The van der Waals surface area contributed by atoms with Gasteiger partial charge in [-0.25, -0.2) is 0 Å². The van der Waals surface area contributed by atoms with E-state index in [9.17, 15) is 0 Å². The highest BCUT2D eigenvalue weighted by Crippen LogP contribution is 2.59. The Kier molecular flexibility index (Phi) is 6.19. The lowest BCUT2D eigenvalue weighted by Crippen LogP contribution is -2.26. The molecule has 1 unspecified atom stereocenters. The first-order valence-electron chi connectivity index (χ1n) is 8.96. The monoisotopic (exact) mass is 265 g/mol. The summed E-state index contributed by atoms with van der Waals surface area (Å²) in [6.45, 7) is 5.82. The zero-order valence-electron chi connectivity index (χ0n) is 13.3. The Morgan fingerprint density at radius 2 is 1.32 bits per heavy atom. The maximum Gasteiger partial charge on any atom is 0.00104 e. The lowest BCUT2D eigenvalue weighted by Gasteiger charge is -2.19. The molecular weight excluding hydrogens is 230 g/mol. The van der Waals surface area contributed by atoms with E-state index in [1.807, 2.05) is 0 Å². The van der Waals surface area contributed by atoms with Crippen molar-refractivity contribution in [3.05, 3.63) is 0 Å². The molecule has 2 saturated carbocycles. The van der Waals surface area contributed by atoms with Gasteiger partial charge in [0.25, 0.3) is 0 Å². The van der Waals surface area contributed by atoms with Gasteiger partial charge in [0.05, 0.1) is 0 Å². The van der Waals surface area contributed by atoms with E-state index < -0.39 is 0 Å². The van der Waals surface area contributed by atoms with Crippen molar-refractivity contribution in [1.82, 2.24) is 5.32 Å². The Balaban J connectivity index is 1.76. The standard InChI is InChI=1S/C18H35N/c1-16(2)19-15-17-14-18(17)12-10-8-6-4-3-5-7-9-11-13-18/h16-17,19H,3-15H2,1-2H3. The SMILES string of the molecule is CC(C)NCC1CC12CCCCCCCCCCC2. The minimum Gasteiger partial charge on any atom is -0.314 e. The van der Waals surface area contributed by atoms with Gasteiger partial charge in [-0.1, -0.05) is 71.6 Å². The third-order valence-corrected chi connectivity index (χ3v) is 5.48. The second-order valence-electron chi connectivity index (χ2n) is 7.51. The fourth-order valence-electron chi connectivity index (χ4n) is 4.03. The highest BCUT2D eigenvalue weighted by Gasteiger charge is 2.51. The van der Waals surface area contributed by atoms with Crippen LogP contribution in [0.5, 0.6) is 0 Å². The zero-order chi connectivity index (χ0) is 13.6. The molecule has 0 aliphatic heterocycles. The summed E-state index contributed by atoms with van der Waals surface area (Å²) in [6.07, 6.45) is 18.0. The first kappa shape index (κ1) is 15.4. The maximum absolute atomic E-state index is 3.67. The first-order valence-corrected chi connectivity index (χ1v) is 8.96. The molecule has 1 N–H and O–H groups in total. The summed E-state index contributed by atoms with van der Waals surface area (Å²) in [5.41, 5.74) is 0.765. The summed E-state index contributed by atoms with van der Waals surface area (Å²) in [5.74, 6) is 0.998. The van der Waals surface area contributed by atoms with E-state index in [0.29, 0.717) is 6.04 Å². The van der Waals surface area contributed by atoms with Crippen molar-refractivity contribution in [3.63, 3.8) is 0 Å². The van der Waals surface area contributed by atoms with Gasteiger partial charge < -0.3 is 5.32 Å². The van der Waals surface area contributed by atoms with E-state index in [1.54, 1.807) is 0 Å². The molecule has 19 heavy (non-hydrogen) atoms. The molecule has 1 nitrogen and oxygen atoms in total. The zero-order valence-corrected chi connectivity index (χ0v) is 13.3. The van der Waals surface area contributed by atoms with Crippen LogP contribution in [0.15, 0.2) is 0 Å². The van der Waals surface area contributed by atoms with E-state index in [0.717, 1.165) is 11.3 Å². The van der Waals surface area contributed by atoms with Gasteiger partial charge in [0.1, 0.15) is 0 Å². The molecule has 2 rings (SSSR count). The van der Waals surface area contributed by atoms with E-state index in [2.05, 4.69) is 19.2 Å². The van der Waals surface area contributed by atoms with Crippen LogP contribution in [0.25, 0.3) is 0 Å². The van der Waals surface area contributed by atoms with Gasteiger partial charge in [0.15, 0.2) is 0 Å². The Hall–Kier alpha value is -0.0400. The molecule has 2 aliphatic rings. The molecular formula is C18H35N. The third kappa shape index (κ3) is 5.10. The van der Waals surface area contributed by atoms with Gasteiger partial charge >= 0.3 is 0 Å². The van der Waals surface area contributed by atoms with E-state index >= 15 is 0 Å². The molecule has 0 aromatic heterocycles. The average Bonchev–Trinajstić information content (AvgIpc) is 3.05. The van der Waals surface area contributed by atoms with Crippen LogP contribution in [0.2, 0.25) is 0 Å². The molecule has 0 aromatic carbocycles. The average molecular weight is 265 g/mol. The molecule has 0 bridgehead atoms. The summed E-state index contributed by atoms with van der Waals surface area (Å²) in [6, 6.07) is 0.656. The molecule has 1 heteroatoms. The molecule has 1 atom stereocenters. The third-order valence-electron chi connectivity index (χ3n) is 5.48. The maximum atomic E-state index is 3.67. The van der Waals surface area contributed by atoms with Gasteiger partial charge in [0, 0.05) is 6.04 Å². The lowest BCUT2D eigenvalue weighted by atomic mass is 9.88. The van der Waals surface area contributed by atoms with Gasteiger partial charge in [-0.15, -0.1) is 0 Å². The van der Waals surface area contributed by atoms with Crippen molar-refractivity contribution in [2.45, 2.75) is 96.9 Å². The van der Waals surface area contributed by atoms with Crippen LogP contribution in [-0.4, -0.2) is 12.6 Å². The van der Waals surface area contributed by atoms with E-state index in [-0.39, 0.29) is 0 Å². The largest absolute Gasteiger partial charge is 0.314 e. The number of nitrogens with one attached hydrogen (secondary N) is 1. The van der Waals surface area contributed by atoms with E-state index in [1.165, 1.54) is 83.6 Å². The van der Waals surface area contributed by atoms with Crippen LogP contribution in [0, 0.1) is 11.3 Å². The van der Waals surface area contributed by atoms with E-state index in [4.69, 9.17) is 0 Å². The van der Waals surface area contributed by atoms with Crippen molar-refractivity contribution >= 4 is 0 Å². The quantitative estimate of drug-likeness (QED) is 0.730. The second-order valence-corrected chi connectivity index (χ2v) is 7.51. The van der Waals surface area contributed by atoms with Gasteiger partial charge in [-0.2, -0.15) is 0 Å². The molecule has 0 radical (unpaired) electrons. The van der Waals surface area contributed by atoms with Gasteiger partial charge in [0.2, 0.25) is 0 Å². The van der Waals surface area contributed by atoms with Crippen molar-refractivity contribution in [2.24, 2.45) is 11.3 Å². The second kappa shape index (κ2) is 7.67. The van der Waals surface area contributed by atoms with Crippen molar-refractivity contribution < 1.29 is 0 Å². The fraction of sp³-hybridized carbons (Fsp3) is 1.00. The molecule has 0 aromatic rings. The molecule has 0 heterocycles. The highest BCUT2D eigenvalue weighted by molar-refractivity contribution is 5.02. The van der Waals surface area contributed by atoms with Crippen molar-refractivity contribution in [3.8, 4) is 0 Å². The van der Waals surface area contributed by atoms with Crippen LogP contribution < -0.4 is 5.32 Å². The van der Waals surface area contributed by atoms with Crippen LogP contribution in [0.4, 0.5) is 0 Å². The molecule has 0 saturated heterocycles. The van der Waals surface area contributed by atoms with Crippen LogP contribution in [-0.2, 0) is 0 Å². The number of rotatable bonds is 3. The fourth-order valence-corrected chi connectivity index (χ4v) is 4.03. The topological polar surface area (TPSA) is 12.0 Å². The van der Waals surface area contributed by atoms with Crippen LogP contribution >= 0.6 is 0 Å². The summed E-state index contributed by atoms with van der Waals surface area (Å²) in [4.78, 5) is 0. The summed E-state index contributed by atoms with van der Waals surface area (Å²) >= 11 is 0. The van der Waals surface area contributed by atoms with Gasteiger partial charge in [-0.05, 0) is 37.1 Å². The normalized spacial score (nSPS) is 28.9. The van der Waals surface area contributed by atoms with Crippen LogP contribution in [0.1, 0.15) is 90.9 Å². The molecule has 1 spiro atoms. The first-order chi connectivity index (χ1) is 9.23. The van der Waals surface area contributed by atoms with Crippen molar-refractivity contribution in [1.29, 1.82) is 0 Å². The molecule has 2 fully saturated rings. The Labute approximate surface area is 120 Å². The molecule has 112 valence electrons. The summed E-state index contributed by atoms with van der Waals surface area (Å²) in [7, 11) is 0.